The van der Waals surface area contributed by atoms with Gasteiger partial charge in [0.05, 0.1) is 11.5 Å². The first-order valence-electron chi connectivity index (χ1n) is 7.38. The molecule has 20 heavy (non-hydrogen) atoms. The minimum absolute atomic E-state index is 0.0973. The van der Waals surface area contributed by atoms with Gasteiger partial charge in [-0.05, 0) is 50.4 Å². The Labute approximate surface area is 120 Å². The minimum Gasteiger partial charge on any atom is -0.508 e. The van der Waals surface area contributed by atoms with Gasteiger partial charge < -0.3 is 15.7 Å². The number of carbonyl (C=O) groups is 1. The molecule has 0 aromatic heterocycles. The van der Waals surface area contributed by atoms with Gasteiger partial charge in [-0.2, -0.15) is 0 Å². The van der Waals surface area contributed by atoms with Crippen LogP contribution in [0.4, 0.5) is 0 Å². The van der Waals surface area contributed by atoms with Crippen LogP contribution in [0.5, 0.6) is 5.75 Å². The number of amides is 1. The van der Waals surface area contributed by atoms with Crippen molar-refractivity contribution in [2.24, 2.45) is 5.41 Å². The van der Waals surface area contributed by atoms with E-state index in [4.69, 9.17) is 0 Å². The summed E-state index contributed by atoms with van der Waals surface area (Å²) in [6, 6.07) is 6.95. The summed E-state index contributed by atoms with van der Waals surface area (Å²) in [4.78, 5) is 12.6. The van der Waals surface area contributed by atoms with Gasteiger partial charge in [-0.25, -0.2) is 0 Å². The van der Waals surface area contributed by atoms with E-state index < -0.39 is 0 Å². The highest BCUT2D eigenvalue weighted by molar-refractivity contribution is 5.83. The molecule has 0 spiro atoms. The maximum absolute atomic E-state index is 12.6. The van der Waals surface area contributed by atoms with Crippen molar-refractivity contribution in [3.05, 3.63) is 29.8 Å². The molecule has 1 heterocycles. The summed E-state index contributed by atoms with van der Waals surface area (Å²) < 4.78 is 0. The molecule has 1 aliphatic rings. The third-order valence-electron chi connectivity index (χ3n) is 4.35. The Morgan fingerprint density at radius 3 is 2.95 bits per heavy atom. The van der Waals surface area contributed by atoms with Gasteiger partial charge in [-0.15, -0.1) is 0 Å². The maximum atomic E-state index is 12.6. The number of nitrogens with one attached hydrogen (secondary N) is 2. The second-order valence-corrected chi connectivity index (χ2v) is 5.70. The van der Waals surface area contributed by atoms with Crippen molar-refractivity contribution < 1.29 is 9.90 Å². The van der Waals surface area contributed by atoms with Crippen molar-refractivity contribution in [1.82, 2.24) is 10.6 Å². The van der Waals surface area contributed by atoms with Crippen molar-refractivity contribution in [3.63, 3.8) is 0 Å². The predicted octanol–water partition coefficient (Wildman–Crippen LogP) is 2.35. The van der Waals surface area contributed by atoms with E-state index in [1.807, 2.05) is 13.0 Å². The smallest absolute Gasteiger partial charge is 0.227 e. The summed E-state index contributed by atoms with van der Waals surface area (Å²) in [5, 5.41) is 15.9. The van der Waals surface area contributed by atoms with E-state index in [2.05, 4.69) is 17.6 Å². The lowest BCUT2D eigenvalue weighted by Gasteiger charge is -2.36. The number of benzene rings is 1. The van der Waals surface area contributed by atoms with Crippen LogP contribution >= 0.6 is 0 Å². The van der Waals surface area contributed by atoms with Crippen molar-refractivity contribution in [2.45, 2.75) is 39.2 Å². The van der Waals surface area contributed by atoms with Gasteiger partial charge >= 0.3 is 0 Å². The molecule has 2 atom stereocenters. The van der Waals surface area contributed by atoms with E-state index in [1.54, 1.807) is 18.2 Å². The van der Waals surface area contributed by atoms with E-state index in [-0.39, 0.29) is 23.1 Å². The van der Waals surface area contributed by atoms with E-state index in [0.717, 1.165) is 37.9 Å². The first-order valence-corrected chi connectivity index (χ1v) is 7.38. The Balaban J connectivity index is 2.06. The second kappa shape index (κ2) is 6.27. The number of phenols is 1. The Morgan fingerprint density at radius 2 is 2.35 bits per heavy atom. The zero-order valence-electron chi connectivity index (χ0n) is 12.3. The van der Waals surface area contributed by atoms with Crippen LogP contribution in [0.25, 0.3) is 0 Å². The second-order valence-electron chi connectivity index (χ2n) is 5.70. The average Bonchev–Trinajstić information content (AvgIpc) is 2.47. The van der Waals surface area contributed by atoms with E-state index in [1.165, 1.54) is 0 Å². The van der Waals surface area contributed by atoms with Crippen LogP contribution in [0.3, 0.4) is 0 Å². The van der Waals surface area contributed by atoms with E-state index in [9.17, 15) is 9.90 Å². The molecule has 1 aliphatic heterocycles. The summed E-state index contributed by atoms with van der Waals surface area (Å²) in [6.07, 6.45) is 2.83. The largest absolute Gasteiger partial charge is 0.508 e. The molecule has 3 N–H and O–H groups in total. The lowest BCUT2D eigenvalue weighted by molar-refractivity contribution is -0.133. The number of hydrogen-bond acceptors (Lipinski definition) is 3. The Bertz CT molecular complexity index is 467. The number of rotatable bonds is 4. The summed E-state index contributed by atoms with van der Waals surface area (Å²) >= 11 is 0. The Hall–Kier alpha value is -1.55. The Kier molecular flexibility index (Phi) is 4.65. The normalized spacial score (nSPS) is 24.1. The molecule has 2 rings (SSSR count). The fraction of sp³-hybridized carbons (Fsp3) is 0.562. The molecule has 110 valence electrons. The number of aromatic hydroxyl groups is 1. The number of carbonyl (C=O) groups excluding carboxylic acids is 1. The van der Waals surface area contributed by atoms with Crippen molar-refractivity contribution in [3.8, 4) is 5.75 Å². The first-order chi connectivity index (χ1) is 9.57. The molecule has 2 unspecified atom stereocenters. The summed E-state index contributed by atoms with van der Waals surface area (Å²) in [7, 11) is 0. The zero-order valence-corrected chi connectivity index (χ0v) is 12.3. The molecular formula is C16H24N2O2. The standard InChI is InChI=1S/C16H24N2O2/c1-3-16(8-5-9-17-11-16)15(20)18-12(2)13-6-4-7-14(19)10-13/h4,6-7,10,12,17,19H,3,5,8-9,11H2,1-2H3,(H,18,20). The topological polar surface area (TPSA) is 61.4 Å². The van der Waals surface area contributed by atoms with E-state index in [0.29, 0.717) is 0 Å². The monoisotopic (exact) mass is 276 g/mol. The quantitative estimate of drug-likeness (QED) is 0.791. The summed E-state index contributed by atoms with van der Waals surface area (Å²) in [5.41, 5.74) is 0.636. The molecule has 0 radical (unpaired) electrons. The summed E-state index contributed by atoms with van der Waals surface area (Å²) in [6.45, 7) is 5.77. The number of piperidine rings is 1. The first kappa shape index (κ1) is 14.9. The fourth-order valence-corrected chi connectivity index (χ4v) is 2.85. The predicted molar refractivity (Wildman–Crippen MR) is 79.5 cm³/mol. The van der Waals surface area contributed by atoms with Gasteiger partial charge in [0.15, 0.2) is 0 Å². The number of hydrogen-bond donors (Lipinski definition) is 3. The van der Waals surface area contributed by atoms with Crippen LogP contribution < -0.4 is 10.6 Å². The third kappa shape index (κ3) is 3.12. The van der Waals surface area contributed by atoms with Crippen LogP contribution in [0.2, 0.25) is 0 Å². The Morgan fingerprint density at radius 1 is 1.55 bits per heavy atom. The molecular weight excluding hydrogens is 252 g/mol. The molecule has 4 nitrogen and oxygen atoms in total. The highest BCUT2D eigenvalue weighted by atomic mass is 16.3. The highest BCUT2D eigenvalue weighted by Crippen LogP contribution is 2.31. The van der Waals surface area contributed by atoms with Gasteiger partial charge in [-0.3, -0.25) is 4.79 Å². The summed E-state index contributed by atoms with van der Waals surface area (Å²) in [5.74, 6) is 0.344. The molecule has 0 aliphatic carbocycles. The van der Waals surface area contributed by atoms with Gasteiger partial charge in [0.25, 0.3) is 0 Å². The van der Waals surface area contributed by atoms with Gasteiger partial charge in [0.1, 0.15) is 5.75 Å². The van der Waals surface area contributed by atoms with Gasteiger partial charge in [-0.1, -0.05) is 19.1 Å². The highest BCUT2D eigenvalue weighted by Gasteiger charge is 2.38. The van der Waals surface area contributed by atoms with Crippen LogP contribution in [-0.4, -0.2) is 24.1 Å². The SMILES string of the molecule is CCC1(C(=O)NC(C)c2cccc(O)c2)CCCNC1. The van der Waals surface area contributed by atoms with E-state index >= 15 is 0 Å². The lowest BCUT2D eigenvalue weighted by Crippen LogP contribution is -2.50. The van der Waals surface area contributed by atoms with Crippen LogP contribution in [0.15, 0.2) is 24.3 Å². The maximum Gasteiger partial charge on any atom is 0.227 e. The van der Waals surface area contributed by atoms with Crippen LogP contribution in [0.1, 0.15) is 44.7 Å². The van der Waals surface area contributed by atoms with Crippen LogP contribution in [-0.2, 0) is 4.79 Å². The molecule has 1 aromatic carbocycles. The molecule has 0 bridgehead atoms. The molecule has 1 amide bonds. The van der Waals surface area contributed by atoms with Crippen molar-refractivity contribution in [2.75, 3.05) is 13.1 Å². The molecule has 4 heteroatoms. The fourth-order valence-electron chi connectivity index (χ4n) is 2.85. The minimum atomic E-state index is -0.288. The average molecular weight is 276 g/mol. The third-order valence-corrected chi connectivity index (χ3v) is 4.35. The van der Waals surface area contributed by atoms with Crippen molar-refractivity contribution >= 4 is 5.91 Å². The molecule has 1 aromatic rings. The zero-order chi connectivity index (χ0) is 14.6. The van der Waals surface area contributed by atoms with Gasteiger partial charge in [0.2, 0.25) is 5.91 Å². The molecule has 1 saturated heterocycles. The van der Waals surface area contributed by atoms with Crippen molar-refractivity contribution in [1.29, 1.82) is 0 Å². The van der Waals surface area contributed by atoms with Crippen LogP contribution in [0, 0.1) is 5.41 Å². The van der Waals surface area contributed by atoms with Gasteiger partial charge in [0, 0.05) is 6.54 Å². The molecule has 0 saturated carbocycles. The lowest BCUT2D eigenvalue weighted by atomic mass is 9.77. The number of phenolic OH excluding ortho intramolecular Hbond substituents is 1. The molecule has 1 fully saturated rings.